The zero-order valence-electron chi connectivity index (χ0n) is 34.3. The van der Waals surface area contributed by atoms with Crippen molar-refractivity contribution in [2.24, 2.45) is 0 Å². The molecule has 0 atom stereocenters. The Morgan fingerprint density at radius 3 is 0.660 bits per heavy atom. The van der Waals surface area contributed by atoms with Crippen LogP contribution in [0.2, 0.25) is 0 Å². The van der Waals surface area contributed by atoms with Gasteiger partial charge in [-0.1, -0.05) is 219 Å². The van der Waals surface area contributed by atoms with E-state index in [1.54, 1.807) is 0 Å². The van der Waals surface area contributed by atoms with Crippen molar-refractivity contribution in [3.05, 3.63) is 0 Å². The van der Waals surface area contributed by atoms with E-state index in [0.29, 0.717) is 26.1 Å². The third-order valence-corrected chi connectivity index (χ3v) is 10.5. The molecule has 0 bridgehead atoms. The number of unbranched alkanes of at least 4 members (excludes halogenated alkanes) is 35. The van der Waals surface area contributed by atoms with Crippen molar-refractivity contribution in [2.45, 2.75) is 271 Å². The smallest absolute Gasteiger partial charge is 0.305 e. The fourth-order valence-corrected chi connectivity index (χ4v) is 7.06. The number of carbonyl (C=O) groups excluding carboxylic acids is 2. The molecule has 4 heteroatoms. The van der Waals surface area contributed by atoms with Gasteiger partial charge in [0.2, 0.25) is 0 Å². The highest BCUT2D eigenvalue weighted by molar-refractivity contribution is 5.69. The van der Waals surface area contributed by atoms with E-state index in [2.05, 4.69) is 13.8 Å². The van der Waals surface area contributed by atoms with Crippen LogP contribution >= 0.6 is 0 Å². The maximum absolute atomic E-state index is 12.0. The van der Waals surface area contributed by atoms with Crippen molar-refractivity contribution < 1.29 is 19.1 Å². The van der Waals surface area contributed by atoms with Crippen molar-refractivity contribution in [3.63, 3.8) is 0 Å². The van der Waals surface area contributed by atoms with E-state index in [4.69, 9.17) is 9.47 Å². The molecule has 0 saturated heterocycles. The van der Waals surface area contributed by atoms with Crippen LogP contribution in [0.4, 0.5) is 0 Å². The fourth-order valence-electron chi connectivity index (χ4n) is 7.06. The molecule has 0 N–H and O–H groups in total. The highest BCUT2D eigenvalue weighted by Crippen LogP contribution is 2.16. The number of ether oxygens (including phenoxy) is 2. The first-order valence-electron chi connectivity index (χ1n) is 23.0. The average molecular weight is 707 g/mol. The summed E-state index contributed by atoms with van der Waals surface area (Å²) in [5.41, 5.74) is 0. The topological polar surface area (TPSA) is 52.6 Å². The molecule has 0 aromatic carbocycles. The SMILES string of the molecule is CCCCCCCCCCCCCCCCCCCCCC(=O)OCCCCCCOC(=O)CCCCCCCCCCCCCCCCC. The first-order chi connectivity index (χ1) is 24.7. The second-order valence-corrected chi connectivity index (χ2v) is 15.7. The lowest BCUT2D eigenvalue weighted by Crippen LogP contribution is -2.07. The summed E-state index contributed by atoms with van der Waals surface area (Å²) in [5, 5.41) is 0. The summed E-state index contributed by atoms with van der Waals surface area (Å²) in [6.07, 6.45) is 51.0. The molecule has 0 spiro atoms. The van der Waals surface area contributed by atoms with Gasteiger partial charge in [-0.2, -0.15) is 0 Å². The molecule has 0 unspecified atom stereocenters. The van der Waals surface area contributed by atoms with Gasteiger partial charge in [0.05, 0.1) is 13.2 Å². The van der Waals surface area contributed by atoms with Gasteiger partial charge in [-0.15, -0.1) is 0 Å². The molecule has 298 valence electrons. The third-order valence-electron chi connectivity index (χ3n) is 10.5. The molecule has 0 saturated carbocycles. The Morgan fingerprint density at radius 1 is 0.260 bits per heavy atom. The van der Waals surface area contributed by atoms with E-state index < -0.39 is 0 Å². The van der Waals surface area contributed by atoms with Crippen molar-refractivity contribution in [3.8, 4) is 0 Å². The lowest BCUT2D eigenvalue weighted by molar-refractivity contribution is -0.145. The molecule has 0 heterocycles. The molecule has 0 aromatic heterocycles. The number of hydrogen-bond acceptors (Lipinski definition) is 4. The molecule has 0 aliphatic heterocycles. The van der Waals surface area contributed by atoms with Crippen molar-refractivity contribution in [2.75, 3.05) is 13.2 Å². The molecular weight excluding hydrogens is 617 g/mol. The highest BCUT2D eigenvalue weighted by Gasteiger charge is 2.05. The maximum Gasteiger partial charge on any atom is 0.305 e. The van der Waals surface area contributed by atoms with Crippen molar-refractivity contribution >= 4 is 11.9 Å². The molecule has 50 heavy (non-hydrogen) atoms. The summed E-state index contributed by atoms with van der Waals surface area (Å²) in [6.45, 7) is 5.62. The van der Waals surface area contributed by atoms with Gasteiger partial charge in [0.25, 0.3) is 0 Å². The van der Waals surface area contributed by atoms with E-state index in [9.17, 15) is 9.59 Å². The molecule has 0 fully saturated rings. The van der Waals surface area contributed by atoms with Crippen LogP contribution in [0.3, 0.4) is 0 Å². The van der Waals surface area contributed by atoms with Crippen molar-refractivity contribution in [1.29, 1.82) is 0 Å². The van der Waals surface area contributed by atoms with Gasteiger partial charge in [0, 0.05) is 12.8 Å². The van der Waals surface area contributed by atoms with Crippen LogP contribution in [-0.4, -0.2) is 25.2 Å². The number of hydrogen-bond donors (Lipinski definition) is 0. The van der Waals surface area contributed by atoms with Crippen LogP contribution in [0.15, 0.2) is 0 Å². The molecule has 0 radical (unpaired) electrons. The van der Waals surface area contributed by atoms with Crippen molar-refractivity contribution in [1.82, 2.24) is 0 Å². The largest absolute Gasteiger partial charge is 0.466 e. The van der Waals surface area contributed by atoms with Crippen LogP contribution in [0.1, 0.15) is 271 Å². The summed E-state index contributed by atoms with van der Waals surface area (Å²) in [5.74, 6) is -0.0758. The molecular formula is C46H90O4. The zero-order chi connectivity index (χ0) is 36.3. The zero-order valence-corrected chi connectivity index (χ0v) is 34.3. The first kappa shape index (κ1) is 48.9. The minimum absolute atomic E-state index is 0.0373. The van der Waals surface area contributed by atoms with E-state index in [1.165, 1.54) is 193 Å². The van der Waals surface area contributed by atoms with Crippen LogP contribution in [-0.2, 0) is 19.1 Å². The molecule has 0 aliphatic rings. The second kappa shape index (κ2) is 44.1. The van der Waals surface area contributed by atoms with Gasteiger partial charge in [-0.05, 0) is 38.5 Å². The van der Waals surface area contributed by atoms with E-state index in [-0.39, 0.29) is 11.9 Å². The quantitative estimate of drug-likeness (QED) is 0.0468. The van der Waals surface area contributed by atoms with Gasteiger partial charge in [-0.25, -0.2) is 0 Å². The van der Waals surface area contributed by atoms with Gasteiger partial charge >= 0.3 is 11.9 Å². The summed E-state index contributed by atoms with van der Waals surface area (Å²) < 4.78 is 10.8. The van der Waals surface area contributed by atoms with Gasteiger partial charge in [-0.3, -0.25) is 9.59 Å². The van der Waals surface area contributed by atoms with Gasteiger partial charge in [0.1, 0.15) is 0 Å². The first-order valence-corrected chi connectivity index (χ1v) is 23.0. The number of rotatable bonds is 43. The average Bonchev–Trinajstić information content (AvgIpc) is 3.12. The predicted octanol–water partition coefficient (Wildman–Crippen LogP) is 15.7. The number of esters is 2. The summed E-state index contributed by atoms with van der Waals surface area (Å²) in [4.78, 5) is 24.0. The van der Waals surface area contributed by atoms with Crippen LogP contribution in [0.5, 0.6) is 0 Å². The molecule has 0 aromatic rings. The predicted molar refractivity (Wildman–Crippen MR) is 218 cm³/mol. The normalized spacial score (nSPS) is 11.3. The lowest BCUT2D eigenvalue weighted by atomic mass is 10.0. The van der Waals surface area contributed by atoms with Gasteiger partial charge in [0.15, 0.2) is 0 Å². The Kier molecular flexibility index (Phi) is 43.2. The number of carbonyl (C=O) groups is 2. The highest BCUT2D eigenvalue weighted by atomic mass is 16.5. The molecule has 0 amide bonds. The van der Waals surface area contributed by atoms with Crippen LogP contribution in [0, 0.1) is 0 Å². The maximum atomic E-state index is 12.0. The standard InChI is InChI=1S/C46H90O4/c1-3-5-7-9-11-13-15-17-19-20-21-22-24-26-28-30-32-34-38-42-46(48)50-44-40-36-35-39-43-49-45(47)41-37-33-31-29-27-25-23-18-16-14-12-10-8-6-4-2/h3-44H2,1-2H3. The Labute approximate surface area is 314 Å². The van der Waals surface area contributed by atoms with E-state index in [1.807, 2.05) is 0 Å². The van der Waals surface area contributed by atoms with Crippen LogP contribution < -0.4 is 0 Å². The second-order valence-electron chi connectivity index (χ2n) is 15.7. The van der Waals surface area contributed by atoms with E-state index in [0.717, 1.165) is 51.4 Å². The molecule has 0 rings (SSSR count). The van der Waals surface area contributed by atoms with Gasteiger partial charge < -0.3 is 9.47 Å². The Morgan fingerprint density at radius 2 is 0.440 bits per heavy atom. The molecule has 4 nitrogen and oxygen atoms in total. The summed E-state index contributed by atoms with van der Waals surface area (Å²) in [6, 6.07) is 0. The summed E-state index contributed by atoms with van der Waals surface area (Å²) in [7, 11) is 0. The monoisotopic (exact) mass is 707 g/mol. The minimum atomic E-state index is -0.0385. The third kappa shape index (κ3) is 43.1. The van der Waals surface area contributed by atoms with Crippen LogP contribution in [0.25, 0.3) is 0 Å². The minimum Gasteiger partial charge on any atom is -0.466 e. The Balaban J connectivity index is 3.23. The Bertz CT molecular complexity index is 663. The molecule has 0 aliphatic carbocycles. The fraction of sp³-hybridized carbons (Fsp3) is 0.957. The lowest BCUT2D eigenvalue weighted by Gasteiger charge is -2.07. The Hall–Kier alpha value is -1.06. The van der Waals surface area contributed by atoms with E-state index >= 15 is 0 Å². The summed E-state index contributed by atoms with van der Waals surface area (Å²) >= 11 is 0.